The van der Waals surface area contributed by atoms with Crippen molar-refractivity contribution < 1.29 is 4.74 Å². The summed E-state index contributed by atoms with van der Waals surface area (Å²) in [5, 5.41) is 7.61. The predicted octanol–water partition coefficient (Wildman–Crippen LogP) is 5.04. The van der Waals surface area contributed by atoms with E-state index < -0.39 is 0 Å². The fourth-order valence-corrected chi connectivity index (χ4v) is 3.63. The Morgan fingerprint density at radius 1 is 1.08 bits per heavy atom. The first kappa shape index (κ1) is 16.7. The maximum atomic E-state index is 5.41. The van der Waals surface area contributed by atoms with E-state index in [1.807, 2.05) is 25.1 Å². The van der Waals surface area contributed by atoms with Gasteiger partial charge in [-0.1, -0.05) is 17.4 Å². The van der Waals surface area contributed by atoms with Crippen molar-refractivity contribution in [1.82, 2.24) is 4.98 Å². The second-order valence-corrected chi connectivity index (χ2v) is 7.14. The summed E-state index contributed by atoms with van der Waals surface area (Å²) in [7, 11) is 1.64. The molecule has 24 heavy (non-hydrogen) atoms. The van der Waals surface area contributed by atoms with Gasteiger partial charge in [-0.25, -0.2) is 4.98 Å². The summed E-state index contributed by atoms with van der Waals surface area (Å²) in [6.07, 6.45) is 0. The number of hydrogen-bond donors (Lipinski definition) is 2. The van der Waals surface area contributed by atoms with Crippen molar-refractivity contribution in [2.24, 2.45) is 0 Å². The molecule has 1 heterocycles. The molecule has 0 aliphatic heterocycles. The standard InChI is InChI=1S/C18H19N3OS2/c1-10-5-6-15(22-4)13(7-10)19-17(23)21-18-20-14-8-11(2)12(3)9-16(14)24-18/h5-9H,1-4H3,(H2,19,20,21,23). The Morgan fingerprint density at radius 3 is 2.58 bits per heavy atom. The summed E-state index contributed by atoms with van der Waals surface area (Å²) in [6, 6.07) is 10.2. The highest BCUT2D eigenvalue weighted by atomic mass is 32.1. The topological polar surface area (TPSA) is 46.2 Å². The minimum Gasteiger partial charge on any atom is -0.495 e. The second-order valence-electron chi connectivity index (χ2n) is 5.71. The number of thiazole rings is 1. The molecule has 0 atom stereocenters. The number of fused-ring (bicyclic) bond motifs is 1. The molecule has 0 radical (unpaired) electrons. The van der Waals surface area contributed by atoms with Gasteiger partial charge in [-0.05, 0) is 73.9 Å². The van der Waals surface area contributed by atoms with Crippen LogP contribution >= 0.6 is 23.6 Å². The number of rotatable bonds is 3. The van der Waals surface area contributed by atoms with Gasteiger partial charge in [0.1, 0.15) is 5.75 Å². The lowest BCUT2D eigenvalue weighted by molar-refractivity contribution is 0.417. The quantitative estimate of drug-likeness (QED) is 0.643. The van der Waals surface area contributed by atoms with E-state index in [2.05, 4.69) is 41.6 Å². The zero-order valence-electron chi connectivity index (χ0n) is 14.1. The lowest BCUT2D eigenvalue weighted by atomic mass is 10.1. The van der Waals surface area contributed by atoms with Gasteiger partial charge in [0.15, 0.2) is 10.2 Å². The van der Waals surface area contributed by atoms with Gasteiger partial charge in [0.2, 0.25) is 0 Å². The van der Waals surface area contributed by atoms with Crippen LogP contribution in [0.3, 0.4) is 0 Å². The van der Waals surface area contributed by atoms with Gasteiger partial charge in [-0.2, -0.15) is 0 Å². The lowest BCUT2D eigenvalue weighted by Gasteiger charge is -2.12. The van der Waals surface area contributed by atoms with Crippen LogP contribution in [0.15, 0.2) is 30.3 Å². The number of thiocarbonyl (C=S) groups is 1. The first-order valence-corrected chi connectivity index (χ1v) is 8.79. The Morgan fingerprint density at radius 2 is 1.83 bits per heavy atom. The van der Waals surface area contributed by atoms with Crippen LogP contribution in [-0.2, 0) is 0 Å². The maximum absolute atomic E-state index is 5.41. The number of aryl methyl sites for hydroxylation is 3. The molecule has 0 saturated heterocycles. The molecule has 4 nitrogen and oxygen atoms in total. The molecule has 6 heteroatoms. The van der Waals surface area contributed by atoms with Crippen LogP contribution in [-0.4, -0.2) is 17.2 Å². The molecule has 0 saturated carbocycles. The molecule has 0 spiro atoms. The van der Waals surface area contributed by atoms with Crippen LogP contribution in [0.25, 0.3) is 10.2 Å². The average molecular weight is 358 g/mol. The molecule has 3 aromatic rings. The van der Waals surface area contributed by atoms with Gasteiger partial charge < -0.3 is 15.4 Å². The fourth-order valence-electron chi connectivity index (χ4n) is 2.40. The first-order chi connectivity index (χ1) is 11.5. The maximum Gasteiger partial charge on any atom is 0.190 e. The van der Waals surface area contributed by atoms with Gasteiger partial charge in [0, 0.05) is 0 Å². The SMILES string of the molecule is COc1ccc(C)cc1NC(=S)Nc1nc2cc(C)c(C)cc2s1. The molecule has 2 N–H and O–H groups in total. The normalized spacial score (nSPS) is 10.7. The number of anilines is 2. The summed E-state index contributed by atoms with van der Waals surface area (Å²) >= 11 is 7.01. The predicted molar refractivity (Wildman–Crippen MR) is 107 cm³/mol. The molecule has 3 rings (SSSR count). The Kier molecular flexibility index (Phi) is 4.69. The van der Waals surface area contributed by atoms with Gasteiger partial charge in [0.25, 0.3) is 0 Å². The third kappa shape index (κ3) is 3.49. The Balaban J connectivity index is 1.79. The summed E-state index contributed by atoms with van der Waals surface area (Å²) in [5.74, 6) is 0.750. The zero-order valence-corrected chi connectivity index (χ0v) is 15.7. The fraction of sp³-hybridized carbons (Fsp3) is 0.222. The minimum atomic E-state index is 0.492. The molecule has 124 valence electrons. The largest absolute Gasteiger partial charge is 0.495 e. The molecule has 0 amide bonds. The number of ether oxygens (including phenoxy) is 1. The molecule has 0 aliphatic carbocycles. The summed E-state index contributed by atoms with van der Waals surface area (Å²) in [4.78, 5) is 4.61. The van der Waals surface area contributed by atoms with E-state index in [1.54, 1.807) is 18.4 Å². The van der Waals surface area contributed by atoms with E-state index in [0.29, 0.717) is 5.11 Å². The van der Waals surface area contributed by atoms with Gasteiger partial charge in [-0.15, -0.1) is 0 Å². The van der Waals surface area contributed by atoms with E-state index in [9.17, 15) is 0 Å². The highest BCUT2D eigenvalue weighted by molar-refractivity contribution is 7.80. The van der Waals surface area contributed by atoms with Crippen LogP contribution < -0.4 is 15.4 Å². The third-order valence-electron chi connectivity index (χ3n) is 3.83. The molecular formula is C18H19N3OS2. The van der Waals surface area contributed by atoms with Crippen molar-refractivity contribution in [2.75, 3.05) is 17.7 Å². The van der Waals surface area contributed by atoms with E-state index in [-0.39, 0.29) is 0 Å². The smallest absolute Gasteiger partial charge is 0.190 e. The number of methoxy groups -OCH3 is 1. The number of benzene rings is 2. The second kappa shape index (κ2) is 6.75. The van der Waals surface area contributed by atoms with Gasteiger partial charge >= 0.3 is 0 Å². The van der Waals surface area contributed by atoms with Gasteiger partial charge in [0.05, 0.1) is 23.0 Å². The summed E-state index contributed by atoms with van der Waals surface area (Å²) < 4.78 is 6.51. The van der Waals surface area contributed by atoms with E-state index in [0.717, 1.165) is 32.3 Å². The Labute approximate surface area is 150 Å². The molecule has 1 aromatic heterocycles. The third-order valence-corrected chi connectivity index (χ3v) is 4.97. The lowest BCUT2D eigenvalue weighted by Crippen LogP contribution is -2.19. The highest BCUT2D eigenvalue weighted by Crippen LogP contribution is 2.29. The van der Waals surface area contributed by atoms with Gasteiger partial charge in [-0.3, -0.25) is 0 Å². The average Bonchev–Trinajstić information content (AvgIpc) is 2.88. The van der Waals surface area contributed by atoms with Crippen LogP contribution in [0.2, 0.25) is 0 Å². The van der Waals surface area contributed by atoms with Crippen LogP contribution in [0.5, 0.6) is 5.75 Å². The molecule has 0 fully saturated rings. The number of nitrogens with one attached hydrogen (secondary N) is 2. The van der Waals surface area contributed by atoms with Crippen molar-refractivity contribution in [3.05, 3.63) is 47.0 Å². The molecular weight excluding hydrogens is 338 g/mol. The number of nitrogens with zero attached hydrogens (tertiary/aromatic N) is 1. The molecule has 0 aliphatic rings. The van der Waals surface area contributed by atoms with Crippen molar-refractivity contribution in [3.8, 4) is 5.75 Å². The summed E-state index contributed by atoms with van der Waals surface area (Å²) in [5.41, 5.74) is 5.46. The van der Waals surface area contributed by atoms with Crippen molar-refractivity contribution in [3.63, 3.8) is 0 Å². The Hall–Kier alpha value is -2.18. The minimum absolute atomic E-state index is 0.492. The molecule has 2 aromatic carbocycles. The number of hydrogen-bond acceptors (Lipinski definition) is 4. The molecule has 0 unspecified atom stereocenters. The van der Waals surface area contributed by atoms with Crippen LogP contribution in [0, 0.1) is 20.8 Å². The van der Waals surface area contributed by atoms with E-state index >= 15 is 0 Å². The van der Waals surface area contributed by atoms with Crippen molar-refractivity contribution in [1.29, 1.82) is 0 Å². The Bertz CT molecular complexity index is 879. The zero-order chi connectivity index (χ0) is 17.3. The summed E-state index contributed by atoms with van der Waals surface area (Å²) in [6.45, 7) is 6.23. The number of aromatic nitrogens is 1. The van der Waals surface area contributed by atoms with Crippen molar-refractivity contribution >= 4 is 49.7 Å². The van der Waals surface area contributed by atoms with E-state index in [1.165, 1.54) is 11.1 Å². The van der Waals surface area contributed by atoms with E-state index in [4.69, 9.17) is 17.0 Å². The van der Waals surface area contributed by atoms with Crippen LogP contribution in [0.4, 0.5) is 10.8 Å². The highest BCUT2D eigenvalue weighted by Gasteiger charge is 2.09. The monoisotopic (exact) mass is 357 g/mol. The first-order valence-electron chi connectivity index (χ1n) is 7.56. The van der Waals surface area contributed by atoms with Crippen molar-refractivity contribution in [2.45, 2.75) is 20.8 Å². The van der Waals surface area contributed by atoms with Crippen LogP contribution in [0.1, 0.15) is 16.7 Å². The molecule has 0 bridgehead atoms.